The summed E-state index contributed by atoms with van der Waals surface area (Å²) in [7, 11) is 0. The molecule has 1 saturated heterocycles. The second-order valence-corrected chi connectivity index (χ2v) is 6.61. The van der Waals surface area contributed by atoms with Gasteiger partial charge in [-0.1, -0.05) is 36.4 Å². The van der Waals surface area contributed by atoms with Crippen LogP contribution in [0, 0.1) is 6.92 Å². The number of benzene rings is 1. The van der Waals surface area contributed by atoms with Gasteiger partial charge in [-0.2, -0.15) is 0 Å². The third kappa shape index (κ3) is 3.06. The summed E-state index contributed by atoms with van der Waals surface area (Å²) >= 11 is 0. The molecule has 26 heavy (non-hydrogen) atoms. The van der Waals surface area contributed by atoms with Gasteiger partial charge in [0.1, 0.15) is 11.3 Å². The zero-order valence-corrected chi connectivity index (χ0v) is 14.6. The first kappa shape index (κ1) is 16.3. The normalized spacial score (nSPS) is 17.3. The summed E-state index contributed by atoms with van der Waals surface area (Å²) in [5, 5.41) is 2.98. The van der Waals surface area contributed by atoms with Gasteiger partial charge in [0.2, 0.25) is 5.91 Å². The Balaban J connectivity index is 1.56. The average molecular weight is 348 g/mol. The van der Waals surface area contributed by atoms with Crippen LogP contribution < -0.4 is 5.32 Å². The lowest BCUT2D eigenvalue weighted by molar-refractivity contribution is -0.124. The summed E-state index contributed by atoms with van der Waals surface area (Å²) in [5.74, 6) is -0.328. The molecule has 1 atom stereocenters. The van der Waals surface area contributed by atoms with E-state index in [1.807, 2.05) is 66.1 Å². The van der Waals surface area contributed by atoms with Gasteiger partial charge in [0.15, 0.2) is 0 Å². The van der Waals surface area contributed by atoms with Crippen LogP contribution in [0.25, 0.3) is 5.65 Å². The number of imidazole rings is 1. The van der Waals surface area contributed by atoms with Crippen molar-refractivity contribution in [3.05, 3.63) is 71.7 Å². The molecule has 2 amide bonds. The standard InChI is InChI=1S/C20H20N4O2/c1-14-19(22-17-9-5-6-10-24(14)17)20(26)23-12-16(21-18(25)13-23)11-15-7-3-2-4-8-15/h2-10,16H,11-13H2,1H3,(H,21,25)/t16-/m0/s1. The SMILES string of the molecule is Cc1c(C(=O)N2CC(=O)N[C@@H](Cc3ccccc3)C2)nc2ccccn12. The minimum absolute atomic E-state index is 0.0669. The van der Waals surface area contributed by atoms with Crippen molar-refractivity contribution < 1.29 is 9.59 Å². The Labute approximate surface area is 151 Å². The molecular formula is C20H20N4O2. The van der Waals surface area contributed by atoms with Gasteiger partial charge in [-0.25, -0.2) is 4.98 Å². The minimum Gasteiger partial charge on any atom is -0.350 e. The molecule has 0 bridgehead atoms. The fourth-order valence-corrected chi connectivity index (χ4v) is 3.46. The highest BCUT2D eigenvalue weighted by atomic mass is 16.2. The van der Waals surface area contributed by atoms with Gasteiger partial charge in [-0.05, 0) is 31.0 Å². The average Bonchev–Trinajstić information content (AvgIpc) is 2.98. The largest absolute Gasteiger partial charge is 0.350 e. The molecule has 0 radical (unpaired) electrons. The molecule has 0 unspecified atom stereocenters. The van der Waals surface area contributed by atoms with Crippen LogP contribution in [0.1, 0.15) is 21.7 Å². The predicted molar refractivity (Wildman–Crippen MR) is 97.9 cm³/mol. The Hall–Kier alpha value is -3.15. The molecule has 3 aromatic rings. The number of hydrogen-bond donors (Lipinski definition) is 1. The van der Waals surface area contributed by atoms with Crippen molar-refractivity contribution in [1.82, 2.24) is 19.6 Å². The molecule has 0 aliphatic carbocycles. The van der Waals surface area contributed by atoms with E-state index in [9.17, 15) is 9.59 Å². The van der Waals surface area contributed by atoms with Gasteiger partial charge in [-0.3, -0.25) is 9.59 Å². The number of amides is 2. The van der Waals surface area contributed by atoms with E-state index < -0.39 is 0 Å². The van der Waals surface area contributed by atoms with Gasteiger partial charge in [0.05, 0.1) is 18.3 Å². The number of aryl methyl sites for hydroxylation is 1. The number of aromatic nitrogens is 2. The van der Waals surface area contributed by atoms with Crippen LogP contribution in [0.15, 0.2) is 54.7 Å². The Morgan fingerprint density at radius 2 is 1.96 bits per heavy atom. The Morgan fingerprint density at radius 3 is 2.73 bits per heavy atom. The maximum Gasteiger partial charge on any atom is 0.274 e. The van der Waals surface area contributed by atoms with E-state index in [0.29, 0.717) is 18.7 Å². The van der Waals surface area contributed by atoms with Crippen LogP contribution in [-0.4, -0.2) is 45.2 Å². The van der Waals surface area contributed by atoms with Crippen molar-refractivity contribution in [2.75, 3.05) is 13.1 Å². The molecule has 0 saturated carbocycles. The molecule has 132 valence electrons. The van der Waals surface area contributed by atoms with Gasteiger partial charge in [-0.15, -0.1) is 0 Å². The predicted octanol–water partition coefficient (Wildman–Crippen LogP) is 1.83. The number of rotatable bonds is 3. The van der Waals surface area contributed by atoms with Gasteiger partial charge in [0, 0.05) is 12.7 Å². The van der Waals surface area contributed by atoms with E-state index in [1.54, 1.807) is 4.90 Å². The first-order valence-electron chi connectivity index (χ1n) is 8.68. The summed E-state index contributed by atoms with van der Waals surface area (Å²) in [6.45, 7) is 2.42. The van der Waals surface area contributed by atoms with Gasteiger partial charge in [0.25, 0.3) is 5.91 Å². The number of piperazine rings is 1. The lowest BCUT2D eigenvalue weighted by Crippen LogP contribution is -2.56. The molecule has 1 aliphatic heterocycles. The molecule has 6 heteroatoms. The van der Waals surface area contributed by atoms with Crippen molar-refractivity contribution >= 4 is 17.5 Å². The summed E-state index contributed by atoms with van der Waals surface area (Å²) in [6.07, 6.45) is 2.58. The molecule has 2 aromatic heterocycles. The monoisotopic (exact) mass is 348 g/mol. The zero-order chi connectivity index (χ0) is 18.1. The zero-order valence-electron chi connectivity index (χ0n) is 14.6. The van der Waals surface area contributed by atoms with Crippen LogP contribution in [0.2, 0.25) is 0 Å². The van der Waals surface area contributed by atoms with Crippen LogP contribution in [0.5, 0.6) is 0 Å². The number of nitrogens with one attached hydrogen (secondary N) is 1. The van der Waals surface area contributed by atoms with E-state index in [0.717, 1.165) is 16.9 Å². The molecule has 1 aromatic carbocycles. The second kappa shape index (κ2) is 6.63. The highest BCUT2D eigenvalue weighted by Crippen LogP contribution is 2.16. The summed E-state index contributed by atoms with van der Waals surface area (Å²) < 4.78 is 1.89. The van der Waals surface area contributed by atoms with Crippen LogP contribution >= 0.6 is 0 Å². The van der Waals surface area contributed by atoms with E-state index >= 15 is 0 Å². The maximum absolute atomic E-state index is 13.0. The number of carbonyl (C=O) groups is 2. The molecule has 1 N–H and O–H groups in total. The fourth-order valence-electron chi connectivity index (χ4n) is 3.46. The lowest BCUT2D eigenvalue weighted by atomic mass is 10.0. The van der Waals surface area contributed by atoms with E-state index in [1.165, 1.54) is 0 Å². The first-order chi connectivity index (χ1) is 12.6. The molecule has 6 nitrogen and oxygen atoms in total. The first-order valence-corrected chi connectivity index (χ1v) is 8.68. The number of hydrogen-bond acceptors (Lipinski definition) is 3. The van der Waals surface area contributed by atoms with Crippen molar-refractivity contribution in [1.29, 1.82) is 0 Å². The van der Waals surface area contributed by atoms with Crippen LogP contribution in [-0.2, 0) is 11.2 Å². The van der Waals surface area contributed by atoms with E-state index in [4.69, 9.17) is 0 Å². The van der Waals surface area contributed by atoms with Gasteiger partial charge < -0.3 is 14.6 Å². The minimum atomic E-state index is -0.195. The molecule has 0 spiro atoms. The molecule has 4 rings (SSSR count). The summed E-state index contributed by atoms with van der Waals surface area (Å²) in [4.78, 5) is 31.2. The highest BCUT2D eigenvalue weighted by Gasteiger charge is 2.30. The van der Waals surface area contributed by atoms with E-state index in [2.05, 4.69) is 10.3 Å². The van der Waals surface area contributed by atoms with Gasteiger partial charge >= 0.3 is 0 Å². The number of fused-ring (bicyclic) bond motifs is 1. The Morgan fingerprint density at radius 1 is 1.19 bits per heavy atom. The lowest BCUT2D eigenvalue weighted by Gasteiger charge is -2.33. The number of nitrogens with zero attached hydrogens (tertiary/aromatic N) is 3. The highest BCUT2D eigenvalue weighted by molar-refractivity contribution is 5.97. The molecular weight excluding hydrogens is 328 g/mol. The number of carbonyl (C=O) groups excluding carboxylic acids is 2. The van der Waals surface area contributed by atoms with E-state index in [-0.39, 0.29) is 24.4 Å². The van der Waals surface area contributed by atoms with Crippen LogP contribution in [0.4, 0.5) is 0 Å². The summed E-state index contributed by atoms with van der Waals surface area (Å²) in [6, 6.07) is 15.5. The van der Waals surface area contributed by atoms with Crippen molar-refractivity contribution in [3.8, 4) is 0 Å². The smallest absolute Gasteiger partial charge is 0.274 e. The van der Waals surface area contributed by atoms with Crippen molar-refractivity contribution in [2.45, 2.75) is 19.4 Å². The fraction of sp³-hybridized carbons (Fsp3) is 0.250. The second-order valence-electron chi connectivity index (χ2n) is 6.61. The summed E-state index contributed by atoms with van der Waals surface area (Å²) in [5.41, 5.74) is 3.06. The molecule has 3 heterocycles. The third-order valence-electron chi connectivity index (χ3n) is 4.72. The number of pyridine rings is 1. The third-order valence-corrected chi connectivity index (χ3v) is 4.72. The quantitative estimate of drug-likeness (QED) is 0.785. The topological polar surface area (TPSA) is 66.7 Å². The molecule has 1 aliphatic rings. The Kier molecular flexibility index (Phi) is 4.16. The van der Waals surface area contributed by atoms with Crippen LogP contribution in [0.3, 0.4) is 0 Å². The Bertz CT molecular complexity index is 964. The molecule has 1 fully saturated rings. The van der Waals surface area contributed by atoms with Crippen molar-refractivity contribution in [3.63, 3.8) is 0 Å². The maximum atomic E-state index is 13.0. The van der Waals surface area contributed by atoms with Crippen molar-refractivity contribution in [2.24, 2.45) is 0 Å².